The summed E-state index contributed by atoms with van der Waals surface area (Å²) in [5.41, 5.74) is 0.515. The molecule has 3 aromatic rings. The molecule has 0 unspecified atom stereocenters. The van der Waals surface area contributed by atoms with Gasteiger partial charge in [0.1, 0.15) is 11.8 Å². The standard InChI is InChI=1S/C26H30F3N9OS/c1-15(2)38-9-7-37(8-10-38)14-17-5-6-19(11-20(17)26(27,28)29)34-24(39)36-25-33-16(3)22(40-25)21-18(12-30)13-32-23(31-4)35-21/h5-6,11,13,15H,7-10,14H2,1-4H3,(H,31,32,35)(H2,33,34,36,39). The highest BCUT2D eigenvalue weighted by atomic mass is 32.1. The van der Waals surface area contributed by atoms with E-state index in [9.17, 15) is 23.2 Å². The average molecular weight is 574 g/mol. The Morgan fingerprint density at radius 3 is 2.52 bits per heavy atom. The van der Waals surface area contributed by atoms with Gasteiger partial charge in [-0.2, -0.15) is 18.4 Å². The molecule has 0 spiro atoms. The van der Waals surface area contributed by atoms with Gasteiger partial charge in [0.05, 0.1) is 27.9 Å². The molecule has 1 fully saturated rings. The Morgan fingerprint density at radius 2 is 1.90 bits per heavy atom. The predicted molar refractivity (Wildman–Crippen MR) is 148 cm³/mol. The van der Waals surface area contributed by atoms with Gasteiger partial charge in [0, 0.05) is 51.5 Å². The van der Waals surface area contributed by atoms with Crippen molar-refractivity contribution in [3.63, 3.8) is 0 Å². The highest BCUT2D eigenvalue weighted by molar-refractivity contribution is 7.19. The smallest absolute Gasteiger partial charge is 0.357 e. The largest absolute Gasteiger partial charge is 0.416 e. The van der Waals surface area contributed by atoms with Gasteiger partial charge in [0.2, 0.25) is 5.95 Å². The van der Waals surface area contributed by atoms with Crippen molar-refractivity contribution < 1.29 is 18.0 Å². The summed E-state index contributed by atoms with van der Waals surface area (Å²) >= 11 is 1.09. The van der Waals surface area contributed by atoms with Crippen molar-refractivity contribution in [3.8, 4) is 16.6 Å². The summed E-state index contributed by atoms with van der Waals surface area (Å²) in [6, 6.07) is 5.53. The third-order valence-electron chi connectivity index (χ3n) is 6.57. The maximum absolute atomic E-state index is 14.0. The number of nitrogens with zero attached hydrogens (tertiary/aromatic N) is 6. The van der Waals surface area contributed by atoms with E-state index in [1.54, 1.807) is 14.0 Å². The van der Waals surface area contributed by atoms with Crippen LogP contribution in [-0.2, 0) is 12.7 Å². The number of amides is 2. The van der Waals surface area contributed by atoms with Crippen LogP contribution in [0.5, 0.6) is 0 Å². The Kier molecular flexibility index (Phi) is 8.87. The van der Waals surface area contributed by atoms with Gasteiger partial charge in [0.25, 0.3) is 0 Å². The number of thiazole rings is 1. The molecule has 3 N–H and O–H groups in total. The van der Waals surface area contributed by atoms with E-state index in [0.717, 1.165) is 30.5 Å². The summed E-state index contributed by atoms with van der Waals surface area (Å²) in [6.45, 7) is 9.09. The molecule has 0 radical (unpaired) electrons. The molecule has 0 aliphatic carbocycles. The molecule has 4 rings (SSSR count). The number of carbonyl (C=O) groups excluding carboxylic acids is 1. The van der Waals surface area contributed by atoms with Gasteiger partial charge in [-0.3, -0.25) is 15.1 Å². The van der Waals surface area contributed by atoms with Crippen LogP contribution in [0.3, 0.4) is 0 Å². The number of hydrogen-bond acceptors (Lipinski definition) is 9. The van der Waals surface area contributed by atoms with Gasteiger partial charge in [-0.15, -0.1) is 0 Å². The van der Waals surface area contributed by atoms with E-state index in [0.29, 0.717) is 41.3 Å². The van der Waals surface area contributed by atoms with Crippen LogP contribution < -0.4 is 16.0 Å². The van der Waals surface area contributed by atoms with Gasteiger partial charge in [-0.25, -0.2) is 19.7 Å². The number of alkyl halides is 3. The minimum Gasteiger partial charge on any atom is -0.357 e. The number of benzene rings is 1. The van der Waals surface area contributed by atoms with Crippen molar-refractivity contribution in [1.29, 1.82) is 5.26 Å². The summed E-state index contributed by atoms with van der Waals surface area (Å²) < 4.78 is 41.9. The topological polar surface area (TPSA) is 122 Å². The number of rotatable bonds is 7. The van der Waals surface area contributed by atoms with Crippen LogP contribution in [0.4, 0.5) is 34.7 Å². The molecule has 40 heavy (non-hydrogen) atoms. The Balaban J connectivity index is 1.47. The number of piperazine rings is 1. The zero-order chi connectivity index (χ0) is 29.0. The van der Waals surface area contributed by atoms with Crippen molar-refractivity contribution in [2.45, 2.75) is 39.5 Å². The number of urea groups is 1. The SMILES string of the molecule is CNc1ncc(C#N)c(-c2sc(NC(=O)Nc3ccc(CN4CCN(C(C)C)CC4)c(C(F)(F)F)c3)nc2C)n1. The summed E-state index contributed by atoms with van der Waals surface area (Å²) in [5, 5.41) is 17.5. The van der Waals surface area contributed by atoms with Crippen LogP contribution in [0.2, 0.25) is 0 Å². The Hall–Kier alpha value is -3.80. The second-order valence-electron chi connectivity index (χ2n) is 9.61. The van der Waals surface area contributed by atoms with Gasteiger partial charge in [-0.1, -0.05) is 17.4 Å². The molecule has 2 aromatic heterocycles. The predicted octanol–water partition coefficient (Wildman–Crippen LogP) is 5.01. The molecule has 1 aliphatic heterocycles. The molecular weight excluding hydrogens is 543 g/mol. The monoisotopic (exact) mass is 573 g/mol. The number of nitriles is 1. The highest BCUT2D eigenvalue weighted by Gasteiger charge is 2.34. The summed E-state index contributed by atoms with van der Waals surface area (Å²) in [4.78, 5) is 30.2. The molecule has 1 aliphatic rings. The molecule has 2 amide bonds. The maximum Gasteiger partial charge on any atom is 0.416 e. The number of halogens is 3. The highest BCUT2D eigenvalue weighted by Crippen LogP contribution is 2.36. The van der Waals surface area contributed by atoms with E-state index in [-0.39, 0.29) is 28.5 Å². The first-order chi connectivity index (χ1) is 19.0. The van der Waals surface area contributed by atoms with Crippen molar-refractivity contribution in [3.05, 3.63) is 46.8 Å². The number of aromatic nitrogens is 3. The molecule has 0 saturated carbocycles. The van der Waals surface area contributed by atoms with Gasteiger partial charge >= 0.3 is 12.2 Å². The first-order valence-corrected chi connectivity index (χ1v) is 13.5. The average Bonchev–Trinajstić information content (AvgIpc) is 3.28. The molecule has 3 heterocycles. The second-order valence-corrected chi connectivity index (χ2v) is 10.6. The number of nitrogens with one attached hydrogen (secondary N) is 3. The van der Waals surface area contributed by atoms with Crippen LogP contribution in [0.15, 0.2) is 24.4 Å². The fourth-order valence-electron chi connectivity index (χ4n) is 4.42. The van der Waals surface area contributed by atoms with Crippen molar-refractivity contribution in [2.75, 3.05) is 49.2 Å². The number of aryl methyl sites for hydroxylation is 1. The lowest BCUT2D eigenvalue weighted by Gasteiger charge is -2.37. The second kappa shape index (κ2) is 12.2. The van der Waals surface area contributed by atoms with E-state index >= 15 is 0 Å². The van der Waals surface area contributed by atoms with E-state index in [1.807, 2.05) is 11.0 Å². The summed E-state index contributed by atoms with van der Waals surface area (Å²) in [5.74, 6) is 0.316. The lowest BCUT2D eigenvalue weighted by Crippen LogP contribution is -2.48. The first kappa shape index (κ1) is 29.2. The maximum atomic E-state index is 14.0. The minimum atomic E-state index is -4.58. The number of anilines is 3. The third kappa shape index (κ3) is 6.85. The molecule has 0 bridgehead atoms. The molecule has 1 aromatic carbocycles. The normalized spacial score (nSPS) is 14.7. The molecule has 0 atom stereocenters. The van der Waals surface area contributed by atoms with Crippen LogP contribution >= 0.6 is 11.3 Å². The molecule has 14 heteroatoms. The Bertz CT molecular complexity index is 1410. The van der Waals surface area contributed by atoms with Crippen LogP contribution in [-0.4, -0.2) is 70.1 Å². The lowest BCUT2D eigenvalue weighted by atomic mass is 10.0. The van der Waals surface area contributed by atoms with Gasteiger partial charge in [0.15, 0.2) is 5.13 Å². The molecular formula is C26H30F3N9OS. The van der Waals surface area contributed by atoms with Crippen molar-refractivity contribution in [2.24, 2.45) is 0 Å². The van der Waals surface area contributed by atoms with Crippen molar-refractivity contribution in [1.82, 2.24) is 24.8 Å². The van der Waals surface area contributed by atoms with Crippen LogP contribution in [0.1, 0.15) is 36.2 Å². The number of carbonyl (C=O) groups is 1. The van der Waals surface area contributed by atoms with E-state index in [4.69, 9.17) is 0 Å². The van der Waals surface area contributed by atoms with E-state index < -0.39 is 17.8 Å². The zero-order valence-corrected chi connectivity index (χ0v) is 23.4. The first-order valence-electron chi connectivity index (χ1n) is 12.7. The third-order valence-corrected chi connectivity index (χ3v) is 7.65. The van der Waals surface area contributed by atoms with Crippen molar-refractivity contribution >= 4 is 34.1 Å². The van der Waals surface area contributed by atoms with Gasteiger partial charge < -0.3 is 10.6 Å². The minimum absolute atomic E-state index is 0.00735. The summed E-state index contributed by atoms with van der Waals surface area (Å²) in [6.07, 6.45) is -3.19. The van der Waals surface area contributed by atoms with Gasteiger partial charge in [-0.05, 0) is 38.5 Å². The Morgan fingerprint density at radius 1 is 1.18 bits per heavy atom. The number of hydrogen-bond donors (Lipinski definition) is 3. The Labute approximate surface area is 234 Å². The zero-order valence-electron chi connectivity index (χ0n) is 22.6. The lowest BCUT2D eigenvalue weighted by molar-refractivity contribution is -0.138. The fraction of sp³-hybridized carbons (Fsp3) is 0.423. The van der Waals surface area contributed by atoms with Crippen LogP contribution in [0, 0.1) is 18.3 Å². The van der Waals surface area contributed by atoms with E-state index in [1.165, 1.54) is 18.3 Å². The quantitative estimate of drug-likeness (QED) is 0.361. The van der Waals surface area contributed by atoms with E-state index in [2.05, 4.69) is 49.6 Å². The fourth-order valence-corrected chi connectivity index (χ4v) is 5.39. The molecule has 212 valence electrons. The van der Waals surface area contributed by atoms with Crippen LogP contribution in [0.25, 0.3) is 10.6 Å². The summed E-state index contributed by atoms with van der Waals surface area (Å²) in [7, 11) is 1.65. The molecule has 1 saturated heterocycles. The molecule has 10 nitrogen and oxygen atoms in total.